The SMILES string of the molecule is CO[C@]1(C)C[C@@H](C)CN(CCCN)[C@H](CO)COC(=O)C(C)(C)C(=O)[C@H](C)[C@H]1O[C@@H]1O[C@H](C)C[C@H](N(C)C)[C@H]1O. The third-order valence-corrected chi connectivity index (χ3v) is 8.70. The smallest absolute Gasteiger partial charge is 0.319 e. The van der Waals surface area contributed by atoms with Gasteiger partial charge in [-0.15, -0.1) is 0 Å². The van der Waals surface area contributed by atoms with Gasteiger partial charge in [-0.3, -0.25) is 14.5 Å². The molecule has 2 heterocycles. The molecule has 2 aliphatic rings. The predicted octanol–water partition coefficient (Wildman–Crippen LogP) is 1.03. The second kappa shape index (κ2) is 14.8. The van der Waals surface area contributed by atoms with Gasteiger partial charge in [-0.25, -0.2) is 0 Å². The van der Waals surface area contributed by atoms with Crippen molar-refractivity contribution >= 4 is 11.8 Å². The minimum absolute atomic E-state index is 0.0366. The van der Waals surface area contributed by atoms with Crippen LogP contribution in [0.4, 0.5) is 0 Å². The van der Waals surface area contributed by atoms with E-state index in [9.17, 15) is 19.8 Å². The number of nitrogens with two attached hydrogens (primary N) is 1. The molecule has 40 heavy (non-hydrogen) atoms. The number of cyclic esters (lactones) is 1. The third-order valence-electron chi connectivity index (χ3n) is 8.70. The Morgan fingerprint density at radius 1 is 1.18 bits per heavy atom. The van der Waals surface area contributed by atoms with Gasteiger partial charge in [0, 0.05) is 25.6 Å². The van der Waals surface area contributed by atoms with Crippen LogP contribution in [0.5, 0.6) is 0 Å². The van der Waals surface area contributed by atoms with Gasteiger partial charge in [0.2, 0.25) is 0 Å². The maximum absolute atomic E-state index is 14.0. The van der Waals surface area contributed by atoms with E-state index in [4.69, 9.17) is 24.7 Å². The molecule has 0 radical (unpaired) electrons. The zero-order valence-corrected chi connectivity index (χ0v) is 26.1. The summed E-state index contributed by atoms with van der Waals surface area (Å²) in [5.41, 5.74) is 3.32. The van der Waals surface area contributed by atoms with Gasteiger partial charge in [-0.1, -0.05) is 13.8 Å². The van der Waals surface area contributed by atoms with E-state index in [-0.39, 0.29) is 37.1 Å². The largest absolute Gasteiger partial charge is 0.463 e. The van der Waals surface area contributed by atoms with Crippen molar-refractivity contribution in [1.29, 1.82) is 0 Å². The number of ether oxygens (including phenoxy) is 4. The summed E-state index contributed by atoms with van der Waals surface area (Å²) in [4.78, 5) is 31.3. The molecule has 11 heteroatoms. The fourth-order valence-electron chi connectivity index (χ4n) is 6.21. The molecule has 2 aliphatic heterocycles. The van der Waals surface area contributed by atoms with Gasteiger partial charge in [0.05, 0.1) is 30.5 Å². The van der Waals surface area contributed by atoms with E-state index in [0.717, 1.165) is 0 Å². The van der Waals surface area contributed by atoms with Crippen LogP contribution in [-0.2, 0) is 28.5 Å². The molecule has 0 bridgehead atoms. The van der Waals surface area contributed by atoms with Crippen molar-refractivity contribution in [3.8, 4) is 0 Å². The van der Waals surface area contributed by atoms with Gasteiger partial charge in [-0.05, 0) is 80.1 Å². The van der Waals surface area contributed by atoms with Crippen molar-refractivity contribution in [1.82, 2.24) is 9.80 Å². The summed E-state index contributed by atoms with van der Waals surface area (Å²) < 4.78 is 24.4. The van der Waals surface area contributed by atoms with E-state index >= 15 is 0 Å². The zero-order chi connectivity index (χ0) is 30.4. The zero-order valence-electron chi connectivity index (χ0n) is 26.1. The minimum Gasteiger partial charge on any atom is -0.463 e. The average Bonchev–Trinajstić information content (AvgIpc) is 2.90. The molecule has 9 atom stereocenters. The Hall–Kier alpha value is -1.18. The lowest BCUT2D eigenvalue weighted by Gasteiger charge is -2.47. The first-order valence-corrected chi connectivity index (χ1v) is 14.6. The van der Waals surface area contributed by atoms with Crippen molar-refractivity contribution in [2.45, 2.75) is 103 Å². The highest BCUT2D eigenvalue weighted by molar-refractivity contribution is 6.04. The van der Waals surface area contributed by atoms with E-state index in [1.807, 2.05) is 32.8 Å². The predicted molar refractivity (Wildman–Crippen MR) is 152 cm³/mol. The normalized spacial score (nSPS) is 38.8. The van der Waals surface area contributed by atoms with E-state index in [1.54, 1.807) is 27.9 Å². The number of hydrogen-bond acceptors (Lipinski definition) is 11. The molecule has 2 saturated heterocycles. The van der Waals surface area contributed by atoms with Crippen LogP contribution in [-0.4, -0.2) is 128 Å². The molecule has 0 spiro atoms. The number of aliphatic hydroxyl groups excluding tert-OH is 2. The molecule has 4 N–H and O–H groups in total. The maximum Gasteiger partial charge on any atom is 0.319 e. The van der Waals surface area contributed by atoms with Crippen LogP contribution < -0.4 is 5.73 Å². The van der Waals surface area contributed by atoms with Crippen molar-refractivity contribution in [2.24, 2.45) is 23.0 Å². The first-order chi connectivity index (χ1) is 18.6. The molecule has 234 valence electrons. The van der Waals surface area contributed by atoms with Crippen LogP contribution in [0.25, 0.3) is 0 Å². The van der Waals surface area contributed by atoms with Gasteiger partial charge in [0.1, 0.15) is 18.1 Å². The Morgan fingerprint density at radius 3 is 2.38 bits per heavy atom. The minimum atomic E-state index is -1.48. The van der Waals surface area contributed by atoms with E-state index in [2.05, 4.69) is 11.8 Å². The Kier molecular flexibility index (Phi) is 13.0. The molecular weight excluding hydrogens is 518 g/mol. The molecule has 0 unspecified atom stereocenters. The van der Waals surface area contributed by atoms with Crippen LogP contribution in [0.15, 0.2) is 0 Å². The van der Waals surface area contributed by atoms with Crippen molar-refractivity contribution < 1.29 is 38.7 Å². The fraction of sp³-hybridized carbons (Fsp3) is 0.931. The highest BCUT2D eigenvalue weighted by Gasteiger charge is 2.51. The summed E-state index contributed by atoms with van der Waals surface area (Å²) in [5, 5.41) is 21.4. The molecule has 2 rings (SSSR count). The Morgan fingerprint density at radius 2 is 1.82 bits per heavy atom. The topological polar surface area (TPSA) is 144 Å². The molecular formula is C29H55N3O8. The first kappa shape index (κ1) is 35.0. The fourth-order valence-corrected chi connectivity index (χ4v) is 6.21. The summed E-state index contributed by atoms with van der Waals surface area (Å²) in [6, 6.07) is -0.627. The van der Waals surface area contributed by atoms with E-state index in [0.29, 0.717) is 38.9 Å². The van der Waals surface area contributed by atoms with Crippen LogP contribution in [0.2, 0.25) is 0 Å². The first-order valence-electron chi connectivity index (χ1n) is 14.6. The number of ketones is 1. The lowest BCUT2D eigenvalue weighted by molar-refractivity contribution is -0.295. The number of aliphatic hydroxyl groups is 2. The van der Waals surface area contributed by atoms with Crippen molar-refractivity contribution in [2.75, 3.05) is 54.1 Å². The molecule has 0 aliphatic carbocycles. The highest BCUT2D eigenvalue weighted by Crippen LogP contribution is 2.38. The third kappa shape index (κ3) is 8.22. The van der Waals surface area contributed by atoms with Crippen LogP contribution in [0.3, 0.4) is 0 Å². The molecule has 0 aromatic heterocycles. The summed E-state index contributed by atoms with van der Waals surface area (Å²) in [7, 11) is 5.39. The van der Waals surface area contributed by atoms with Gasteiger partial charge in [0.15, 0.2) is 12.1 Å². The van der Waals surface area contributed by atoms with Gasteiger partial charge < -0.3 is 39.8 Å². The van der Waals surface area contributed by atoms with Gasteiger partial charge in [-0.2, -0.15) is 0 Å². The molecule has 11 nitrogen and oxygen atoms in total. The second-order valence-corrected chi connectivity index (χ2v) is 12.8. The number of hydrogen-bond donors (Lipinski definition) is 3. The molecule has 0 amide bonds. The average molecular weight is 574 g/mol. The molecule has 0 saturated carbocycles. The van der Waals surface area contributed by atoms with Crippen molar-refractivity contribution in [3.05, 3.63) is 0 Å². The summed E-state index contributed by atoms with van der Waals surface area (Å²) in [6.07, 6.45) is -1.11. The molecule has 0 aromatic rings. The second-order valence-electron chi connectivity index (χ2n) is 12.8. The lowest BCUT2D eigenvalue weighted by atomic mass is 9.74. The van der Waals surface area contributed by atoms with Crippen molar-refractivity contribution in [3.63, 3.8) is 0 Å². The summed E-state index contributed by atoms with van der Waals surface area (Å²) in [6.45, 7) is 12.2. The number of rotatable bonds is 8. The van der Waals surface area contributed by atoms with Crippen LogP contribution in [0, 0.1) is 17.3 Å². The Labute approximate surface area is 240 Å². The number of methoxy groups -OCH3 is 1. The number of carbonyl (C=O) groups is 2. The molecule has 2 fully saturated rings. The lowest BCUT2D eigenvalue weighted by Crippen LogP contribution is -2.59. The standard InChI is InChI=1S/C29H55N3O8/c1-18-14-29(6,37-9)25(40-26-23(34)22(31(7)8)13-19(2)39-26)20(3)24(35)28(4,5)27(36)38-17-21(16-33)32(15-18)12-10-11-30/h18-23,25-26,33-34H,10-17,30H2,1-9H3/t18-,19-,20+,21-,22+,23-,25-,26+,29-/m1/s1. The van der Waals surface area contributed by atoms with E-state index in [1.165, 1.54) is 0 Å². The monoisotopic (exact) mass is 573 g/mol. The quantitative estimate of drug-likeness (QED) is 0.283. The van der Waals surface area contributed by atoms with Crippen LogP contribution >= 0.6 is 0 Å². The molecule has 0 aromatic carbocycles. The number of Topliss-reactive ketones (excluding diaryl/α,β-unsaturated/α-hetero) is 1. The highest BCUT2D eigenvalue weighted by atomic mass is 16.7. The maximum atomic E-state index is 14.0. The van der Waals surface area contributed by atoms with Gasteiger partial charge in [0.25, 0.3) is 0 Å². The number of nitrogens with zero attached hydrogens (tertiary/aromatic N) is 2. The van der Waals surface area contributed by atoms with E-state index < -0.39 is 47.4 Å². The Bertz CT molecular complexity index is 827. The Balaban J connectivity index is 2.55. The number of carbonyl (C=O) groups excluding carboxylic acids is 2. The number of esters is 1. The summed E-state index contributed by atoms with van der Waals surface area (Å²) >= 11 is 0. The van der Waals surface area contributed by atoms with Gasteiger partial charge >= 0.3 is 5.97 Å². The summed E-state index contributed by atoms with van der Waals surface area (Å²) in [5.74, 6) is -1.78. The van der Waals surface area contributed by atoms with Crippen LogP contribution in [0.1, 0.15) is 60.8 Å². The number of likely N-dealkylation sites (N-methyl/N-ethyl adjacent to an activating group) is 1.